The van der Waals surface area contributed by atoms with E-state index in [-0.39, 0.29) is 11.3 Å². The van der Waals surface area contributed by atoms with Crippen molar-refractivity contribution in [2.24, 2.45) is 0 Å². The molecule has 3 aromatic carbocycles. The topological polar surface area (TPSA) is 85.3 Å². The van der Waals surface area contributed by atoms with Crippen molar-refractivity contribution in [3.8, 4) is 17.2 Å². The number of anilines is 1. The van der Waals surface area contributed by atoms with Crippen molar-refractivity contribution >= 4 is 23.1 Å². The summed E-state index contributed by atoms with van der Waals surface area (Å²) < 4.78 is 16.9. The summed E-state index contributed by atoms with van der Waals surface area (Å²) in [4.78, 5) is 28.3. The molecule has 0 aliphatic carbocycles. The molecule has 0 spiro atoms. The molecule has 1 amide bonds. The second kappa shape index (κ2) is 11.6. The molecule has 1 atom stereocenters. The molecule has 37 heavy (non-hydrogen) atoms. The van der Waals surface area contributed by atoms with Crippen LogP contribution in [-0.2, 0) is 9.59 Å². The second-order valence-electron chi connectivity index (χ2n) is 8.67. The number of aliphatic hydroxyl groups is 1. The predicted molar refractivity (Wildman–Crippen MR) is 142 cm³/mol. The summed E-state index contributed by atoms with van der Waals surface area (Å²) in [6.45, 7) is 5.06. The molecule has 1 aliphatic heterocycles. The first-order valence-electron chi connectivity index (χ1n) is 12.4. The van der Waals surface area contributed by atoms with Gasteiger partial charge in [0.25, 0.3) is 11.7 Å². The molecule has 192 valence electrons. The van der Waals surface area contributed by atoms with Crippen LogP contribution in [0.25, 0.3) is 5.76 Å². The van der Waals surface area contributed by atoms with E-state index in [1.165, 1.54) is 4.90 Å². The summed E-state index contributed by atoms with van der Waals surface area (Å²) in [7, 11) is 1.55. The molecule has 0 bridgehead atoms. The van der Waals surface area contributed by atoms with Gasteiger partial charge in [0.05, 0.1) is 31.9 Å². The fraction of sp³-hybridized carbons (Fsp3) is 0.267. The quantitative estimate of drug-likeness (QED) is 0.212. The van der Waals surface area contributed by atoms with Gasteiger partial charge in [-0.05, 0) is 54.8 Å². The summed E-state index contributed by atoms with van der Waals surface area (Å²) >= 11 is 0. The molecule has 1 N–H and O–H groups in total. The monoisotopic (exact) mass is 501 g/mol. The predicted octanol–water partition coefficient (Wildman–Crippen LogP) is 5.90. The van der Waals surface area contributed by atoms with Gasteiger partial charge in [-0.2, -0.15) is 0 Å². The first-order valence-corrected chi connectivity index (χ1v) is 12.4. The average Bonchev–Trinajstić information content (AvgIpc) is 3.20. The maximum Gasteiger partial charge on any atom is 0.300 e. The van der Waals surface area contributed by atoms with Gasteiger partial charge in [0, 0.05) is 17.3 Å². The van der Waals surface area contributed by atoms with Gasteiger partial charge < -0.3 is 19.3 Å². The third kappa shape index (κ3) is 5.45. The largest absolute Gasteiger partial charge is 0.507 e. The van der Waals surface area contributed by atoms with E-state index in [1.54, 1.807) is 79.9 Å². The van der Waals surface area contributed by atoms with Gasteiger partial charge in [0.15, 0.2) is 0 Å². The Morgan fingerprint density at radius 2 is 1.46 bits per heavy atom. The lowest BCUT2D eigenvalue weighted by Gasteiger charge is -2.26. The average molecular weight is 502 g/mol. The van der Waals surface area contributed by atoms with Gasteiger partial charge in [-0.25, -0.2) is 0 Å². The minimum Gasteiger partial charge on any atom is -0.507 e. The van der Waals surface area contributed by atoms with E-state index in [0.717, 1.165) is 12.8 Å². The lowest BCUT2D eigenvalue weighted by Crippen LogP contribution is -2.29. The highest BCUT2D eigenvalue weighted by atomic mass is 16.5. The highest BCUT2D eigenvalue weighted by Crippen LogP contribution is 2.43. The van der Waals surface area contributed by atoms with E-state index in [2.05, 4.69) is 0 Å². The molecule has 3 aromatic rings. The van der Waals surface area contributed by atoms with Gasteiger partial charge in [0.2, 0.25) is 0 Å². The number of aliphatic hydroxyl groups excluding tert-OH is 1. The Hall–Kier alpha value is -4.26. The summed E-state index contributed by atoms with van der Waals surface area (Å²) in [5.41, 5.74) is 1.49. The molecule has 7 heteroatoms. The number of carbonyl (C=O) groups is 2. The van der Waals surface area contributed by atoms with Gasteiger partial charge in [0.1, 0.15) is 23.0 Å². The van der Waals surface area contributed by atoms with Gasteiger partial charge in [-0.15, -0.1) is 0 Å². The van der Waals surface area contributed by atoms with Crippen LogP contribution in [0.5, 0.6) is 17.2 Å². The SMILES string of the molecule is CCCOc1cccc(/C(O)=C2\C(=O)C(=O)N(c3cccc(OCCC)c3)C2c2cccc(OC)c2)c1. The molecule has 1 fully saturated rings. The number of methoxy groups -OCH3 is 1. The Kier molecular flexibility index (Phi) is 8.13. The molecule has 1 unspecified atom stereocenters. The van der Waals surface area contributed by atoms with Crippen LogP contribution >= 0.6 is 0 Å². The maximum absolute atomic E-state index is 13.5. The normalized spacial score (nSPS) is 16.6. The van der Waals surface area contributed by atoms with E-state index in [9.17, 15) is 14.7 Å². The van der Waals surface area contributed by atoms with Crippen molar-refractivity contribution in [2.75, 3.05) is 25.2 Å². The molecular formula is C30H31NO6. The number of amides is 1. The molecule has 7 nitrogen and oxygen atoms in total. The number of ether oxygens (including phenoxy) is 3. The number of carbonyl (C=O) groups excluding carboxylic acids is 2. The standard InChI is InChI=1S/C30H31NO6/c1-4-15-36-24-13-7-10-21(18-24)28(32)26-27(20-9-6-12-23(17-20)35-3)31(30(34)29(26)33)22-11-8-14-25(19-22)37-16-5-2/h6-14,17-19,27,32H,4-5,15-16H2,1-3H3/b28-26+. The number of hydrogen-bond donors (Lipinski definition) is 1. The lowest BCUT2D eigenvalue weighted by atomic mass is 9.95. The van der Waals surface area contributed by atoms with Crippen LogP contribution in [0.4, 0.5) is 5.69 Å². The van der Waals surface area contributed by atoms with Crippen LogP contribution in [0.1, 0.15) is 43.9 Å². The van der Waals surface area contributed by atoms with Crippen molar-refractivity contribution in [1.82, 2.24) is 0 Å². The highest BCUT2D eigenvalue weighted by Gasteiger charge is 2.47. The number of benzene rings is 3. The van der Waals surface area contributed by atoms with Crippen molar-refractivity contribution in [3.63, 3.8) is 0 Å². The molecule has 1 aliphatic rings. The zero-order valence-corrected chi connectivity index (χ0v) is 21.3. The maximum atomic E-state index is 13.5. The first kappa shape index (κ1) is 25.8. The van der Waals surface area contributed by atoms with Crippen LogP contribution in [-0.4, -0.2) is 37.1 Å². The Morgan fingerprint density at radius 1 is 0.838 bits per heavy atom. The Labute approximate surface area is 216 Å². The Morgan fingerprint density at radius 3 is 2.14 bits per heavy atom. The zero-order chi connectivity index (χ0) is 26.4. The van der Waals surface area contributed by atoms with Crippen molar-refractivity contribution in [2.45, 2.75) is 32.7 Å². The summed E-state index contributed by atoms with van der Waals surface area (Å²) in [6, 6.07) is 20.2. The summed E-state index contributed by atoms with van der Waals surface area (Å²) in [6.07, 6.45) is 1.66. The fourth-order valence-electron chi connectivity index (χ4n) is 4.28. The van der Waals surface area contributed by atoms with E-state index in [4.69, 9.17) is 14.2 Å². The van der Waals surface area contributed by atoms with E-state index in [1.807, 2.05) is 13.8 Å². The van der Waals surface area contributed by atoms with Crippen molar-refractivity contribution < 1.29 is 28.9 Å². The first-order chi connectivity index (χ1) is 18.0. The molecule has 0 radical (unpaired) electrons. The van der Waals surface area contributed by atoms with Gasteiger partial charge >= 0.3 is 0 Å². The van der Waals surface area contributed by atoms with Crippen LogP contribution in [0.15, 0.2) is 78.4 Å². The smallest absolute Gasteiger partial charge is 0.300 e. The van der Waals surface area contributed by atoms with Crippen molar-refractivity contribution in [3.05, 3.63) is 89.5 Å². The number of ketones is 1. The Balaban J connectivity index is 1.87. The van der Waals surface area contributed by atoms with Crippen LogP contribution in [0, 0.1) is 0 Å². The van der Waals surface area contributed by atoms with E-state index >= 15 is 0 Å². The molecular weight excluding hydrogens is 470 g/mol. The highest BCUT2D eigenvalue weighted by molar-refractivity contribution is 6.51. The third-order valence-electron chi connectivity index (χ3n) is 6.00. The number of hydrogen-bond acceptors (Lipinski definition) is 6. The molecule has 1 saturated heterocycles. The van der Waals surface area contributed by atoms with E-state index < -0.39 is 17.7 Å². The molecule has 1 heterocycles. The van der Waals surface area contributed by atoms with Crippen LogP contribution in [0.2, 0.25) is 0 Å². The van der Waals surface area contributed by atoms with Crippen LogP contribution < -0.4 is 19.1 Å². The molecule has 0 aromatic heterocycles. The number of nitrogens with zero attached hydrogens (tertiary/aromatic N) is 1. The molecule has 0 saturated carbocycles. The fourth-order valence-corrected chi connectivity index (χ4v) is 4.28. The summed E-state index contributed by atoms with van der Waals surface area (Å²) in [5, 5.41) is 11.4. The van der Waals surface area contributed by atoms with Gasteiger partial charge in [-0.1, -0.05) is 44.2 Å². The van der Waals surface area contributed by atoms with E-state index in [0.29, 0.717) is 47.3 Å². The number of Topliss-reactive ketones (excluding diaryl/α,β-unsaturated/α-hetero) is 1. The lowest BCUT2D eigenvalue weighted by molar-refractivity contribution is -0.132. The van der Waals surface area contributed by atoms with Gasteiger partial charge in [-0.3, -0.25) is 14.5 Å². The Bertz CT molecular complexity index is 1310. The minimum absolute atomic E-state index is 0.00854. The zero-order valence-electron chi connectivity index (χ0n) is 21.3. The second-order valence-corrected chi connectivity index (χ2v) is 8.67. The number of rotatable bonds is 10. The minimum atomic E-state index is -0.878. The van der Waals surface area contributed by atoms with Crippen LogP contribution in [0.3, 0.4) is 0 Å². The molecule has 4 rings (SSSR count). The van der Waals surface area contributed by atoms with Crippen molar-refractivity contribution in [1.29, 1.82) is 0 Å². The summed E-state index contributed by atoms with van der Waals surface area (Å²) in [5.74, 6) is -0.0529. The third-order valence-corrected chi connectivity index (χ3v) is 6.00.